The standard InChI is InChI=1S/C9H16F/c1-2-6-9(10)7-4-3-5-8-9/h6H,2-5,7-8H2,1H3. The van der Waals surface area contributed by atoms with Crippen LogP contribution in [0.2, 0.25) is 0 Å². The molecule has 0 spiro atoms. The van der Waals surface area contributed by atoms with Crippen LogP contribution in [-0.4, -0.2) is 5.67 Å². The summed E-state index contributed by atoms with van der Waals surface area (Å²) in [7, 11) is 0. The molecule has 1 fully saturated rings. The van der Waals surface area contributed by atoms with Crippen molar-refractivity contribution in [3.63, 3.8) is 0 Å². The number of hydrogen-bond acceptors (Lipinski definition) is 0. The molecule has 1 radical (unpaired) electrons. The van der Waals surface area contributed by atoms with Crippen LogP contribution in [0.15, 0.2) is 0 Å². The largest absolute Gasteiger partial charge is 0.244 e. The molecule has 1 aliphatic carbocycles. The van der Waals surface area contributed by atoms with Gasteiger partial charge in [0.2, 0.25) is 0 Å². The molecule has 0 saturated heterocycles. The lowest BCUT2D eigenvalue weighted by Crippen LogP contribution is -2.26. The maximum absolute atomic E-state index is 13.5. The van der Waals surface area contributed by atoms with Crippen molar-refractivity contribution in [2.75, 3.05) is 0 Å². The lowest BCUT2D eigenvalue weighted by atomic mass is 9.83. The molecule has 59 valence electrons. The average Bonchev–Trinajstić information content (AvgIpc) is 1.89. The summed E-state index contributed by atoms with van der Waals surface area (Å²) >= 11 is 0. The lowest BCUT2D eigenvalue weighted by Gasteiger charge is -2.28. The highest BCUT2D eigenvalue weighted by Gasteiger charge is 2.30. The molecule has 0 aromatic carbocycles. The van der Waals surface area contributed by atoms with Crippen molar-refractivity contribution in [1.29, 1.82) is 0 Å². The highest BCUT2D eigenvalue weighted by atomic mass is 19.1. The second kappa shape index (κ2) is 3.36. The number of alkyl halides is 1. The Morgan fingerprint density at radius 1 is 1.30 bits per heavy atom. The first-order valence-corrected chi connectivity index (χ1v) is 4.30. The van der Waals surface area contributed by atoms with Gasteiger partial charge in [-0.05, 0) is 25.7 Å². The Bertz CT molecular complexity index is 87.4. The molecule has 1 rings (SSSR count). The van der Waals surface area contributed by atoms with Crippen molar-refractivity contribution in [2.24, 2.45) is 0 Å². The van der Waals surface area contributed by atoms with Crippen LogP contribution in [0, 0.1) is 6.42 Å². The Balaban J connectivity index is 2.32. The summed E-state index contributed by atoms with van der Waals surface area (Å²) in [4.78, 5) is 0. The monoisotopic (exact) mass is 143 g/mol. The van der Waals surface area contributed by atoms with Crippen molar-refractivity contribution in [3.8, 4) is 0 Å². The average molecular weight is 143 g/mol. The first-order chi connectivity index (χ1) is 4.77. The van der Waals surface area contributed by atoms with Gasteiger partial charge < -0.3 is 0 Å². The Morgan fingerprint density at radius 3 is 2.40 bits per heavy atom. The van der Waals surface area contributed by atoms with Crippen molar-refractivity contribution >= 4 is 0 Å². The van der Waals surface area contributed by atoms with Crippen LogP contribution in [0.25, 0.3) is 0 Å². The minimum Gasteiger partial charge on any atom is -0.244 e. The van der Waals surface area contributed by atoms with Crippen LogP contribution in [0.1, 0.15) is 45.4 Å². The topological polar surface area (TPSA) is 0 Å². The fourth-order valence-electron chi connectivity index (χ4n) is 1.71. The molecule has 0 aromatic rings. The van der Waals surface area contributed by atoms with Gasteiger partial charge in [-0.2, -0.15) is 0 Å². The molecule has 0 atom stereocenters. The van der Waals surface area contributed by atoms with Gasteiger partial charge in [-0.25, -0.2) is 4.39 Å². The van der Waals surface area contributed by atoms with Crippen molar-refractivity contribution in [2.45, 2.75) is 51.1 Å². The van der Waals surface area contributed by atoms with Crippen LogP contribution in [0.3, 0.4) is 0 Å². The number of hydrogen-bond donors (Lipinski definition) is 0. The van der Waals surface area contributed by atoms with Crippen molar-refractivity contribution < 1.29 is 4.39 Å². The van der Waals surface area contributed by atoms with E-state index in [4.69, 9.17) is 0 Å². The summed E-state index contributed by atoms with van der Waals surface area (Å²) in [6.45, 7) is 2.01. The van der Waals surface area contributed by atoms with Gasteiger partial charge in [-0.3, -0.25) is 0 Å². The molecule has 1 saturated carbocycles. The van der Waals surface area contributed by atoms with Crippen LogP contribution < -0.4 is 0 Å². The quantitative estimate of drug-likeness (QED) is 0.556. The fraction of sp³-hybridized carbons (Fsp3) is 0.889. The zero-order valence-corrected chi connectivity index (χ0v) is 6.70. The Morgan fingerprint density at radius 2 is 1.90 bits per heavy atom. The third kappa shape index (κ3) is 1.96. The van der Waals surface area contributed by atoms with E-state index in [2.05, 4.69) is 0 Å². The maximum Gasteiger partial charge on any atom is 0.114 e. The summed E-state index contributed by atoms with van der Waals surface area (Å²) in [6.07, 6.45) is 7.62. The zero-order chi connectivity index (χ0) is 7.45. The van der Waals surface area contributed by atoms with E-state index in [9.17, 15) is 4.39 Å². The molecule has 0 aliphatic heterocycles. The Hall–Kier alpha value is -0.0700. The van der Waals surface area contributed by atoms with Gasteiger partial charge in [-0.15, -0.1) is 0 Å². The maximum atomic E-state index is 13.5. The minimum atomic E-state index is -0.896. The lowest BCUT2D eigenvalue weighted by molar-refractivity contribution is 0.141. The summed E-state index contributed by atoms with van der Waals surface area (Å²) in [5.74, 6) is 0. The van der Waals surface area contributed by atoms with E-state index < -0.39 is 5.67 Å². The Labute approximate surface area is 62.8 Å². The van der Waals surface area contributed by atoms with Crippen LogP contribution >= 0.6 is 0 Å². The molecule has 0 aromatic heterocycles. The summed E-state index contributed by atoms with van der Waals surface area (Å²) in [5.41, 5.74) is -0.896. The predicted molar refractivity (Wildman–Crippen MR) is 41.5 cm³/mol. The molecule has 10 heavy (non-hydrogen) atoms. The van der Waals surface area contributed by atoms with E-state index in [-0.39, 0.29) is 0 Å². The normalized spacial score (nSPS) is 24.6. The van der Waals surface area contributed by atoms with Crippen molar-refractivity contribution in [1.82, 2.24) is 0 Å². The van der Waals surface area contributed by atoms with Gasteiger partial charge in [0.1, 0.15) is 5.67 Å². The third-order valence-corrected chi connectivity index (χ3v) is 2.25. The van der Waals surface area contributed by atoms with Gasteiger partial charge in [0.15, 0.2) is 0 Å². The molecule has 0 unspecified atom stereocenters. The Kier molecular flexibility index (Phi) is 2.70. The number of halogens is 1. The molecular formula is C9H16F. The van der Waals surface area contributed by atoms with E-state index >= 15 is 0 Å². The molecule has 0 N–H and O–H groups in total. The molecular weight excluding hydrogens is 127 g/mol. The van der Waals surface area contributed by atoms with E-state index in [1.54, 1.807) is 0 Å². The third-order valence-electron chi connectivity index (χ3n) is 2.25. The second-order valence-electron chi connectivity index (χ2n) is 3.21. The molecule has 0 heterocycles. The van der Waals surface area contributed by atoms with Crippen LogP contribution in [0.5, 0.6) is 0 Å². The summed E-state index contributed by atoms with van der Waals surface area (Å²) in [6, 6.07) is 0. The van der Waals surface area contributed by atoms with Gasteiger partial charge in [-0.1, -0.05) is 26.2 Å². The molecule has 0 nitrogen and oxygen atoms in total. The predicted octanol–water partition coefficient (Wildman–Crippen LogP) is 3.27. The smallest absolute Gasteiger partial charge is 0.114 e. The zero-order valence-electron chi connectivity index (χ0n) is 6.70. The second-order valence-corrected chi connectivity index (χ2v) is 3.21. The van der Waals surface area contributed by atoms with Crippen molar-refractivity contribution in [3.05, 3.63) is 6.42 Å². The van der Waals surface area contributed by atoms with Gasteiger partial charge in [0.25, 0.3) is 0 Å². The molecule has 0 amide bonds. The van der Waals surface area contributed by atoms with Gasteiger partial charge >= 0.3 is 0 Å². The number of rotatable bonds is 2. The summed E-state index contributed by atoms with van der Waals surface area (Å²) < 4.78 is 13.5. The SMILES string of the molecule is CC[CH]C1(F)CCCCC1. The highest BCUT2D eigenvalue weighted by Crippen LogP contribution is 2.34. The highest BCUT2D eigenvalue weighted by molar-refractivity contribution is 4.94. The van der Waals surface area contributed by atoms with Gasteiger partial charge in [0.05, 0.1) is 0 Å². The molecule has 1 aliphatic rings. The first-order valence-electron chi connectivity index (χ1n) is 4.30. The van der Waals surface area contributed by atoms with Crippen LogP contribution in [-0.2, 0) is 0 Å². The fourth-order valence-corrected chi connectivity index (χ4v) is 1.71. The van der Waals surface area contributed by atoms with E-state index in [0.29, 0.717) is 0 Å². The van der Waals surface area contributed by atoms with E-state index in [0.717, 1.165) is 32.1 Å². The first kappa shape index (κ1) is 8.03. The van der Waals surface area contributed by atoms with Crippen LogP contribution in [0.4, 0.5) is 4.39 Å². The van der Waals surface area contributed by atoms with E-state index in [1.165, 1.54) is 6.42 Å². The molecule has 0 bridgehead atoms. The summed E-state index contributed by atoms with van der Waals surface area (Å²) in [5, 5.41) is 0. The minimum absolute atomic E-state index is 0.765. The van der Waals surface area contributed by atoms with E-state index in [1.807, 2.05) is 13.3 Å². The molecule has 1 heteroatoms. The van der Waals surface area contributed by atoms with Gasteiger partial charge in [0, 0.05) is 0 Å².